The Morgan fingerprint density at radius 1 is 1.24 bits per heavy atom. The molecule has 0 atom stereocenters. The van der Waals surface area contributed by atoms with Gasteiger partial charge in [-0.1, -0.05) is 18.2 Å². The predicted octanol–water partition coefficient (Wildman–Crippen LogP) is 1.94. The summed E-state index contributed by atoms with van der Waals surface area (Å²) in [5.41, 5.74) is 1.33. The molecule has 0 radical (unpaired) electrons. The number of benzene rings is 1. The number of rotatable bonds is 4. The maximum Gasteiger partial charge on any atom is 0.244 e. The standard InChI is InChI=1S/C13H12N2O2/c16-10-11-6-7-15(8-11)9-13(17)14-12-4-2-1-3-5-12/h1-8,10H,9H2,(H,14,17). The average Bonchev–Trinajstić information content (AvgIpc) is 2.78. The van der Waals surface area contributed by atoms with E-state index < -0.39 is 0 Å². The molecule has 4 nitrogen and oxygen atoms in total. The number of aromatic nitrogens is 1. The van der Waals surface area contributed by atoms with Crippen molar-refractivity contribution in [2.45, 2.75) is 6.54 Å². The monoisotopic (exact) mass is 228 g/mol. The summed E-state index contributed by atoms with van der Waals surface area (Å²) in [6.07, 6.45) is 4.09. The molecule has 1 aromatic heterocycles. The van der Waals surface area contributed by atoms with Crippen LogP contribution in [0.5, 0.6) is 0 Å². The van der Waals surface area contributed by atoms with E-state index in [9.17, 15) is 9.59 Å². The third-order valence-corrected chi connectivity index (χ3v) is 2.29. The minimum Gasteiger partial charge on any atom is -0.344 e. The summed E-state index contributed by atoms with van der Waals surface area (Å²) in [5, 5.41) is 2.77. The van der Waals surface area contributed by atoms with Crippen molar-refractivity contribution in [1.29, 1.82) is 0 Å². The highest BCUT2D eigenvalue weighted by atomic mass is 16.2. The molecule has 0 unspecified atom stereocenters. The van der Waals surface area contributed by atoms with Gasteiger partial charge in [-0.15, -0.1) is 0 Å². The number of carbonyl (C=O) groups is 2. The fraction of sp³-hybridized carbons (Fsp3) is 0.0769. The van der Waals surface area contributed by atoms with Crippen molar-refractivity contribution in [3.8, 4) is 0 Å². The molecule has 0 aliphatic rings. The second kappa shape index (κ2) is 5.12. The number of anilines is 1. The molecule has 2 rings (SSSR count). The normalized spacial score (nSPS) is 9.88. The highest BCUT2D eigenvalue weighted by Crippen LogP contribution is 2.05. The van der Waals surface area contributed by atoms with Crippen LogP contribution in [0.3, 0.4) is 0 Å². The van der Waals surface area contributed by atoms with Crippen LogP contribution in [-0.2, 0) is 11.3 Å². The summed E-state index contributed by atoms with van der Waals surface area (Å²) >= 11 is 0. The summed E-state index contributed by atoms with van der Waals surface area (Å²) in [5.74, 6) is -0.121. The molecule has 17 heavy (non-hydrogen) atoms. The van der Waals surface area contributed by atoms with Gasteiger partial charge in [-0.3, -0.25) is 9.59 Å². The van der Waals surface area contributed by atoms with E-state index >= 15 is 0 Å². The first-order valence-corrected chi connectivity index (χ1v) is 5.24. The van der Waals surface area contributed by atoms with Gasteiger partial charge < -0.3 is 9.88 Å². The topological polar surface area (TPSA) is 51.1 Å². The molecule has 0 fully saturated rings. The summed E-state index contributed by atoms with van der Waals surface area (Å²) in [6.45, 7) is 0.197. The zero-order chi connectivity index (χ0) is 12.1. The minimum absolute atomic E-state index is 0.121. The zero-order valence-electron chi connectivity index (χ0n) is 9.17. The molecule has 4 heteroatoms. The van der Waals surface area contributed by atoms with Gasteiger partial charge in [0.05, 0.1) is 0 Å². The van der Waals surface area contributed by atoms with Crippen LogP contribution in [-0.4, -0.2) is 16.8 Å². The lowest BCUT2D eigenvalue weighted by molar-refractivity contribution is -0.116. The molecule has 1 aromatic carbocycles. The molecule has 2 aromatic rings. The highest BCUT2D eigenvalue weighted by molar-refractivity contribution is 5.90. The zero-order valence-corrected chi connectivity index (χ0v) is 9.17. The van der Waals surface area contributed by atoms with E-state index in [1.807, 2.05) is 30.3 Å². The second-order valence-electron chi connectivity index (χ2n) is 3.65. The third-order valence-electron chi connectivity index (χ3n) is 2.29. The molecule has 0 spiro atoms. The molecule has 1 heterocycles. The van der Waals surface area contributed by atoms with Crippen LogP contribution in [0.25, 0.3) is 0 Å². The molecule has 0 saturated heterocycles. The average molecular weight is 228 g/mol. The fourth-order valence-corrected chi connectivity index (χ4v) is 1.52. The Morgan fingerprint density at radius 2 is 2.00 bits per heavy atom. The Hall–Kier alpha value is -2.36. The van der Waals surface area contributed by atoms with Crippen LogP contribution in [0.1, 0.15) is 10.4 Å². The Labute approximate surface area is 98.9 Å². The number of nitrogens with one attached hydrogen (secondary N) is 1. The first kappa shape index (κ1) is 11.1. The van der Waals surface area contributed by atoms with Crippen LogP contribution in [0.2, 0.25) is 0 Å². The molecular weight excluding hydrogens is 216 g/mol. The molecule has 0 aliphatic carbocycles. The number of hydrogen-bond donors (Lipinski definition) is 1. The van der Waals surface area contributed by atoms with Crippen LogP contribution >= 0.6 is 0 Å². The Kier molecular flexibility index (Phi) is 3.35. The van der Waals surface area contributed by atoms with Crippen molar-refractivity contribution in [3.63, 3.8) is 0 Å². The van der Waals surface area contributed by atoms with Gasteiger partial charge in [0.1, 0.15) is 6.54 Å². The highest BCUT2D eigenvalue weighted by Gasteiger charge is 2.03. The van der Waals surface area contributed by atoms with Crippen molar-refractivity contribution in [1.82, 2.24) is 4.57 Å². The first-order valence-electron chi connectivity index (χ1n) is 5.24. The maximum absolute atomic E-state index is 11.7. The Morgan fingerprint density at radius 3 is 2.65 bits per heavy atom. The third kappa shape index (κ3) is 3.04. The van der Waals surface area contributed by atoms with E-state index in [0.717, 1.165) is 12.0 Å². The van der Waals surface area contributed by atoms with Gasteiger partial charge in [-0.25, -0.2) is 0 Å². The summed E-state index contributed by atoms with van der Waals surface area (Å²) < 4.78 is 1.67. The molecule has 1 amide bonds. The number of aldehydes is 1. The largest absolute Gasteiger partial charge is 0.344 e. The van der Waals surface area contributed by atoms with Crippen LogP contribution < -0.4 is 5.32 Å². The number of hydrogen-bond acceptors (Lipinski definition) is 2. The van der Waals surface area contributed by atoms with Crippen molar-refractivity contribution in [3.05, 3.63) is 54.4 Å². The smallest absolute Gasteiger partial charge is 0.244 e. The second-order valence-corrected chi connectivity index (χ2v) is 3.65. The Bertz CT molecular complexity index is 517. The van der Waals surface area contributed by atoms with Gasteiger partial charge in [0.15, 0.2) is 6.29 Å². The maximum atomic E-state index is 11.7. The lowest BCUT2D eigenvalue weighted by atomic mass is 10.3. The predicted molar refractivity (Wildman–Crippen MR) is 64.9 cm³/mol. The number of amides is 1. The van der Waals surface area contributed by atoms with Crippen LogP contribution in [0.4, 0.5) is 5.69 Å². The van der Waals surface area contributed by atoms with Gasteiger partial charge in [-0.2, -0.15) is 0 Å². The molecule has 0 bridgehead atoms. The van der Waals surface area contributed by atoms with Crippen molar-refractivity contribution in [2.24, 2.45) is 0 Å². The summed E-state index contributed by atoms with van der Waals surface area (Å²) in [6, 6.07) is 10.9. The van der Waals surface area contributed by atoms with Gasteiger partial charge in [-0.05, 0) is 18.2 Å². The SMILES string of the molecule is O=Cc1ccn(CC(=O)Nc2ccccc2)c1. The number of carbonyl (C=O) groups excluding carboxylic acids is 2. The quantitative estimate of drug-likeness (QED) is 0.813. The number of nitrogens with zero attached hydrogens (tertiary/aromatic N) is 1. The van der Waals surface area contributed by atoms with Crippen LogP contribution in [0.15, 0.2) is 48.8 Å². The molecular formula is C13H12N2O2. The van der Waals surface area contributed by atoms with Crippen molar-refractivity contribution >= 4 is 17.9 Å². The fourth-order valence-electron chi connectivity index (χ4n) is 1.52. The van der Waals surface area contributed by atoms with Crippen molar-refractivity contribution < 1.29 is 9.59 Å². The van der Waals surface area contributed by atoms with E-state index in [2.05, 4.69) is 5.32 Å². The van der Waals surface area contributed by atoms with E-state index in [0.29, 0.717) is 5.56 Å². The van der Waals surface area contributed by atoms with Crippen molar-refractivity contribution in [2.75, 3.05) is 5.32 Å². The van der Waals surface area contributed by atoms with E-state index in [1.165, 1.54) is 0 Å². The molecule has 1 N–H and O–H groups in total. The van der Waals surface area contributed by atoms with Crippen LogP contribution in [0, 0.1) is 0 Å². The Balaban J connectivity index is 1.95. The summed E-state index contributed by atoms with van der Waals surface area (Å²) in [4.78, 5) is 22.1. The first-order chi connectivity index (χ1) is 8.28. The van der Waals surface area contributed by atoms with Gasteiger partial charge in [0.25, 0.3) is 0 Å². The number of para-hydroxylation sites is 1. The lowest BCUT2D eigenvalue weighted by Gasteiger charge is -2.05. The molecule has 0 aliphatic heterocycles. The lowest BCUT2D eigenvalue weighted by Crippen LogP contribution is -2.17. The van der Waals surface area contributed by atoms with E-state index in [-0.39, 0.29) is 12.5 Å². The van der Waals surface area contributed by atoms with E-state index in [4.69, 9.17) is 0 Å². The summed E-state index contributed by atoms with van der Waals surface area (Å²) in [7, 11) is 0. The minimum atomic E-state index is -0.121. The van der Waals surface area contributed by atoms with Gasteiger partial charge >= 0.3 is 0 Å². The molecule has 86 valence electrons. The molecule has 0 saturated carbocycles. The van der Waals surface area contributed by atoms with E-state index in [1.54, 1.807) is 23.0 Å². The van der Waals surface area contributed by atoms with Gasteiger partial charge in [0.2, 0.25) is 5.91 Å². The van der Waals surface area contributed by atoms with Gasteiger partial charge in [0, 0.05) is 23.6 Å².